The highest BCUT2D eigenvalue weighted by atomic mass is 16.7. The number of carbonyl (C=O) groups is 3. The molecule has 1 N–H and O–H groups in total. The molecule has 0 aliphatic carbocycles. The molecule has 192 valence electrons. The Labute approximate surface area is 214 Å². The van der Waals surface area contributed by atoms with Crippen LogP contribution in [0.15, 0.2) is 72.8 Å². The van der Waals surface area contributed by atoms with Crippen LogP contribution in [0.5, 0.6) is 0 Å². The zero-order chi connectivity index (χ0) is 26.5. The molecule has 0 amide bonds. The van der Waals surface area contributed by atoms with Gasteiger partial charge in [0.2, 0.25) is 0 Å². The Morgan fingerprint density at radius 1 is 0.649 bits per heavy atom. The van der Waals surface area contributed by atoms with Gasteiger partial charge in [-0.15, -0.1) is 0 Å². The van der Waals surface area contributed by atoms with Crippen molar-refractivity contribution in [2.24, 2.45) is 0 Å². The third-order valence-corrected chi connectivity index (χ3v) is 6.01. The van der Waals surface area contributed by atoms with Crippen molar-refractivity contribution in [3.8, 4) is 0 Å². The van der Waals surface area contributed by atoms with Gasteiger partial charge in [0.1, 0.15) is 12.7 Å². The zero-order valence-electron chi connectivity index (χ0n) is 20.7. The first-order chi connectivity index (χ1) is 17.7. The number of aliphatic hydroxyl groups excluding tert-OH is 1. The average molecular weight is 505 g/mol. The van der Waals surface area contributed by atoms with E-state index in [9.17, 15) is 19.5 Å². The highest BCUT2D eigenvalue weighted by Crippen LogP contribution is 2.28. The van der Waals surface area contributed by atoms with Crippen LogP contribution < -0.4 is 0 Å². The largest absolute Gasteiger partial charge is 0.459 e. The first-order valence-corrected chi connectivity index (χ1v) is 11.8. The van der Waals surface area contributed by atoms with Crippen LogP contribution >= 0.6 is 0 Å². The van der Waals surface area contributed by atoms with Crippen LogP contribution in [0.1, 0.15) is 47.8 Å². The van der Waals surface area contributed by atoms with Crippen molar-refractivity contribution in [1.82, 2.24) is 0 Å². The molecule has 0 saturated carbocycles. The fourth-order valence-corrected chi connectivity index (χ4v) is 3.80. The van der Waals surface area contributed by atoms with Crippen LogP contribution in [0.4, 0.5) is 0 Å². The monoisotopic (exact) mass is 504 g/mol. The minimum atomic E-state index is -1.60. The molecule has 4 rings (SSSR count). The Morgan fingerprint density at radius 2 is 1.03 bits per heavy atom. The summed E-state index contributed by atoms with van der Waals surface area (Å²) in [7, 11) is 0. The first-order valence-electron chi connectivity index (χ1n) is 11.8. The fourth-order valence-electron chi connectivity index (χ4n) is 3.80. The second kappa shape index (κ2) is 11.4. The standard InChI is InChI=1S/C29H28O8/c1-17-4-10-20(11-5-17)26(30)34-16-23-24(36-27(31)21-12-6-18(2)7-13-21)25(29(33)35-23)37-28(32)22-14-8-19(3)9-15-22/h4-15,23-25,29,33H,16H2,1-3H3. The molecule has 0 spiro atoms. The van der Waals surface area contributed by atoms with Crippen molar-refractivity contribution >= 4 is 17.9 Å². The maximum absolute atomic E-state index is 12.9. The fraction of sp³-hybridized carbons (Fsp3) is 0.276. The van der Waals surface area contributed by atoms with Crippen molar-refractivity contribution in [2.75, 3.05) is 6.61 Å². The second-order valence-electron chi connectivity index (χ2n) is 9.00. The van der Waals surface area contributed by atoms with E-state index < -0.39 is 42.5 Å². The van der Waals surface area contributed by atoms with E-state index in [1.165, 1.54) is 0 Å². The molecule has 0 bridgehead atoms. The van der Waals surface area contributed by atoms with E-state index in [4.69, 9.17) is 18.9 Å². The van der Waals surface area contributed by atoms with Crippen LogP contribution in [0.2, 0.25) is 0 Å². The molecule has 1 saturated heterocycles. The molecule has 1 aliphatic rings. The predicted octanol–water partition coefficient (Wildman–Crippen LogP) is 3.94. The summed E-state index contributed by atoms with van der Waals surface area (Å²) in [6, 6.07) is 20.2. The van der Waals surface area contributed by atoms with Gasteiger partial charge in [-0.2, -0.15) is 0 Å². The molecule has 3 aromatic carbocycles. The average Bonchev–Trinajstić information content (AvgIpc) is 3.17. The predicted molar refractivity (Wildman–Crippen MR) is 133 cm³/mol. The quantitative estimate of drug-likeness (QED) is 0.381. The van der Waals surface area contributed by atoms with Gasteiger partial charge in [-0.05, 0) is 57.2 Å². The van der Waals surface area contributed by atoms with E-state index in [1.54, 1.807) is 72.8 Å². The Hall–Kier alpha value is -4.01. The van der Waals surface area contributed by atoms with Gasteiger partial charge in [0.25, 0.3) is 0 Å². The summed E-state index contributed by atoms with van der Waals surface area (Å²) in [4.78, 5) is 38.2. The molecule has 1 aliphatic heterocycles. The van der Waals surface area contributed by atoms with Crippen molar-refractivity contribution in [3.05, 3.63) is 106 Å². The van der Waals surface area contributed by atoms with E-state index in [0.717, 1.165) is 16.7 Å². The molecule has 4 atom stereocenters. The van der Waals surface area contributed by atoms with Gasteiger partial charge in [0, 0.05) is 0 Å². The lowest BCUT2D eigenvalue weighted by Crippen LogP contribution is -2.42. The maximum atomic E-state index is 12.9. The second-order valence-corrected chi connectivity index (χ2v) is 9.00. The molecule has 8 nitrogen and oxygen atoms in total. The van der Waals surface area contributed by atoms with E-state index >= 15 is 0 Å². The molecule has 0 aromatic heterocycles. The topological polar surface area (TPSA) is 108 Å². The lowest BCUT2D eigenvalue weighted by Gasteiger charge is -2.23. The third-order valence-electron chi connectivity index (χ3n) is 6.01. The first kappa shape index (κ1) is 26.1. The number of hydrogen-bond donors (Lipinski definition) is 1. The SMILES string of the molecule is Cc1ccc(C(=O)OCC2OC(O)C(OC(=O)c3ccc(C)cc3)C2OC(=O)c2ccc(C)cc2)cc1. The minimum absolute atomic E-state index is 0.260. The van der Waals surface area contributed by atoms with Gasteiger partial charge in [0.05, 0.1) is 16.7 Å². The van der Waals surface area contributed by atoms with Crippen LogP contribution in [-0.2, 0) is 18.9 Å². The zero-order valence-corrected chi connectivity index (χ0v) is 20.7. The molecular weight excluding hydrogens is 476 g/mol. The van der Waals surface area contributed by atoms with Gasteiger partial charge in [0.15, 0.2) is 18.5 Å². The van der Waals surface area contributed by atoms with Crippen molar-refractivity contribution in [3.63, 3.8) is 0 Å². The Kier molecular flexibility index (Phi) is 8.01. The van der Waals surface area contributed by atoms with Gasteiger partial charge in [-0.1, -0.05) is 53.1 Å². The van der Waals surface area contributed by atoms with Crippen molar-refractivity contribution in [2.45, 2.75) is 45.4 Å². The summed E-state index contributed by atoms with van der Waals surface area (Å²) in [5.41, 5.74) is 3.77. The summed E-state index contributed by atoms with van der Waals surface area (Å²) in [6.45, 7) is 5.32. The van der Waals surface area contributed by atoms with E-state index in [-0.39, 0.29) is 17.7 Å². The van der Waals surface area contributed by atoms with Crippen molar-refractivity contribution < 1.29 is 38.4 Å². The van der Waals surface area contributed by atoms with Crippen LogP contribution in [0, 0.1) is 20.8 Å². The van der Waals surface area contributed by atoms with Crippen LogP contribution in [0.25, 0.3) is 0 Å². The molecule has 8 heteroatoms. The summed E-state index contributed by atoms with van der Waals surface area (Å²) < 4.78 is 22.1. The number of hydrogen-bond acceptors (Lipinski definition) is 8. The Morgan fingerprint density at radius 3 is 1.46 bits per heavy atom. The highest BCUT2D eigenvalue weighted by molar-refractivity contribution is 5.91. The molecule has 1 fully saturated rings. The summed E-state index contributed by atoms with van der Waals surface area (Å²) in [5.74, 6) is -2.03. The van der Waals surface area contributed by atoms with E-state index in [1.807, 2.05) is 20.8 Å². The Bertz CT molecular complexity index is 1250. The molecular formula is C29H28O8. The number of aryl methyl sites for hydroxylation is 3. The molecule has 37 heavy (non-hydrogen) atoms. The Balaban J connectivity index is 1.52. The highest BCUT2D eigenvalue weighted by Gasteiger charge is 2.50. The number of ether oxygens (including phenoxy) is 4. The lowest BCUT2D eigenvalue weighted by atomic mass is 10.1. The number of esters is 3. The number of carbonyl (C=O) groups excluding carboxylic acids is 3. The molecule has 3 aromatic rings. The normalized spacial score (nSPS) is 20.8. The third kappa shape index (κ3) is 6.41. The summed E-state index contributed by atoms with van der Waals surface area (Å²) in [6.07, 6.45) is -5.25. The molecule has 1 heterocycles. The molecule has 4 unspecified atom stereocenters. The summed E-state index contributed by atoms with van der Waals surface area (Å²) >= 11 is 0. The van der Waals surface area contributed by atoms with Crippen molar-refractivity contribution in [1.29, 1.82) is 0 Å². The van der Waals surface area contributed by atoms with Crippen LogP contribution in [-0.4, -0.2) is 54.2 Å². The smallest absolute Gasteiger partial charge is 0.338 e. The van der Waals surface area contributed by atoms with Gasteiger partial charge < -0.3 is 24.1 Å². The minimum Gasteiger partial charge on any atom is -0.459 e. The van der Waals surface area contributed by atoms with Crippen LogP contribution in [0.3, 0.4) is 0 Å². The molecule has 0 radical (unpaired) electrons. The maximum Gasteiger partial charge on any atom is 0.338 e. The number of rotatable bonds is 7. The lowest BCUT2D eigenvalue weighted by molar-refractivity contribution is -0.135. The van der Waals surface area contributed by atoms with Gasteiger partial charge >= 0.3 is 17.9 Å². The summed E-state index contributed by atoms with van der Waals surface area (Å²) in [5, 5.41) is 10.6. The van der Waals surface area contributed by atoms with Gasteiger partial charge in [-0.3, -0.25) is 0 Å². The number of benzene rings is 3. The van der Waals surface area contributed by atoms with E-state index in [2.05, 4.69) is 0 Å². The van der Waals surface area contributed by atoms with E-state index in [0.29, 0.717) is 5.56 Å². The van der Waals surface area contributed by atoms with Gasteiger partial charge in [-0.25, -0.2) is 14.4 Å². The number of aliphatic hydroxyl groups is 1.